The molecular formula is C15H17F3N2. The molecule has 5 heteroatoms. The van der Waals surface area contributed by atoms with Crippen LogP contribution in [-0.4, -0.2) is 9.78 Å². The van der Waals surface area contributed by atoms with Gasteiger partial charge < -0.3 is 0 Å². The summed E-state index contributed by atoms with van der Waals surface area (Å²) < 4.78 is 40.8. The van der Waals surface area contributed by atoms with Crippen molar-refractivity contribution in [2.75, 3.05) is 0 Å². The minimum Gasteiger partial charge on any atom is -0.236 e. The Bertz CT molecular complexity index is 619. The second-order valence-electron chi connectivity index (χ2n) is 5.85. The molecule has 20 heavy (non-hydrogen) atoms. The van der Waals surface area contributed by atoms with Crippen LogP contribution in [0.3, 0.4) is 0 Å². The lowest BCUT2D eigenvalue weighted by molar-refractivity contribution is -0.137. The second-order valence-corrected chi connectivity index (χ2v) is 5.85. The quantitative estimate of drug-likeness (QED) is 0.753. The van der Waals surface area contributed by atoms with Crippen molar-refractivity contribution in [3.05, 3.63) is 47.3 Å². The van der Waals surface area contributed by atoms with E-state index in [-0.39, 0.29) is 11.1 Å². The number of halogens is 3. The summed E-state index contributed by atoms with van der Waals surface area (Å²) in [5.74, 6) is 0. The van der Waals surface area contributed by atoms with Crippen LogP contribution in [0.2, 0.25) is 0 Å². The molecule has 0 N–H and O–H groups in total. The molecule has 0 fully saturated rings. The van der Waals surface area contributed by atoms with Gasteiger partial charge in [-0.05, 0) is 25.1 Å². The Morgan fingerprint density at radius 2 is 1.65 bits per heavy atom. The molecule has 0 saturated carbocycles. The van der Waals surface area contributed by atoms with Gasteiger partial charge in [-0.3, -0.25) is 0 Å². The highest BCUT2D eigenvalue weighted by molar-refractivity contribution is 5.44. The summed E-state index contributed by atoms with van der Waals surface area (Å²) in [7, 11) is 0. The first kappa shape index (κ1) is 14.6. The first-order chi connectivity index (χ1) is 9.10. The molecule has 1 aromatic heterocycles. The number of hydrogen-bond acceptors (Lipinski definition) is 1. The van der Waals surface area contributed by atoms with Crippen molar-refractivity contribution in [1.82, 2.24) is 9.78 Å². The van der Waals surface area contributed by atoms with Crippen LogP contribution in [0.15, 0.2) is 30.3 Å². The molecule has 0 saturated heterocycles. The molecule has 0 unspecified atom stereocenters. The minimum absolute atomic E-state index is 0.0676. The number of nitrogens with zero attached hydrogens (tertiary/aromatic N) is 2. The molecule has 2 aromatic rings. The van der Waals surface area contributed by atoms with Gasteiger partial charge in [0.05, 0.1) is 16.9 Å². The van der Waals surface area contributed by atoms with E-state index in [1.807, 2.05) is 26.8 Å². The Kier molecular flexibility index (Phi) is 3.40. The zero-order chi connectivity index (χ0) is 15.1. The van der Waals surface area contributed by atoms with E-state index in [1.165, 1.54) is 16.8 Å². The van der Waals surface area contributed by atoms with Crippen molar-refractivity contribution in [3.8, 4) is 5.69 Å². The Labute approximate surface area is 116 Å². The fourth-order valence-corrected chi connectivity index (χ4v) is 2.12. The summed E-state index contributed by atoms with van der Waals surface area (Å²) in [6.45, 7) is 7.64. The molecule has 108 valence electrons. The fourth-order valence-electron chi connectivity index (χ4n) is 2.12. The van der Waals surface area contributed by atoms with Crippen molar-refractivity contribution in [1.29, 1.82) is 0 Å². The molecule has 0 aliphatic rings. The van der Waals surface area contributed by atoms with Crippen LogP contribution in [0, 0.1) is 6.92 Å². The molecule has 0 bridgehead atoms. The van der Waals surface area contributed by atoms with Crippen molar-refractivity contribution in [2.45, 2.75) is 39.3 Å². The highest BCUT2D eigenvalue weighted by Crippen LogP contribution is 2.35. The molecule has 0 spiro atoms. The number of rotatable bonds is 1. The lowest BCUT2D eigenvalue weighted by atomic mass is 9.91. The number of aromatic nitrogens is 2. The maximum atomic E-state index is 13.1. The van der Waals surface area contributed by atoms with E-state index in [1.54, 1.807) is 13.0 Å². The van der Waals surface area contributed by atoms with E-state index >= 15 is 0 Å². The average molecular weight is 282 g/mol. The summed E-state index contributed by atoms with van der Waals surface area (Å²) in [5, 5.41) is 4.24. The summed E-state index contributed by atoms with van der Waals surface area (Å²) in [6, 6.07) is 7.34. The molecule has 2 nitrogen and oxygen atoms in total. The zero-order valence-corrected chi connectivity index (χ0v) is 11.9. The lowest BCUT2D eigenvalue weighted by Gasteiger charge is -2.22. The number of hydrogen-bond donors (Lipinski definition) is 0. The Balaban J connectivity index is 2.70. The first-order valence-corrected chi connectivity index (χ1v) is 6.34. The standard InChI is InChI=1S/C15H17F3N2/c1-10-9-13(14(2,3)4)20(19-10)12-8-6-5-7-11(12)15(16,17)18/h5-9H,1-4H3. The first-order valence-electron chi connectivity index (χ1n) is 6.34. The van der Waals surface area contributed by atoms with Gasteiger partial charge in [0.2, 0.25) is 0 Å². The van der Waals surface area contributed by atoms with E-state index in [0.717, 1.165) is 11.8 Å². The third-order valence-corrected chi connectivity index (χ3v) is 3.04. The minimum atomic E-state index is -4.40. The number of benzene rings is 1. The number of aryl methyl sites for hydroxylation is 1. The van der Waals surface area contributed by atoms with Crippen molar-refractivity contribution in [3.63, 3.8) is 0 Å². The van der Waals surface area contributed by atoms with Crippen LogP contribution in [0.5, 0.6) is 0 Å². The van der Waals surface area contributed by atoms with Crippen LogP contribution < -0.4 is 0 Å². The van der Waals surface area contributed by atoms with Crippen LogP contribution in [0.4, 0.5) is 13.2 Å². The molecule has 1 aromatic carbocycles. The van der Waals surface area contributed by atoms with Gasteiger partial charge in [-0.1, -0.05) is 32.9 Å². The van der Waals surface area contributed by atoms with Gasteiger partial charge in [-0.25, -0.2) is 4.68 Å². The maximum Gasteiger partial charge on any atom is 0.418 e. The number of para-hydroxylation sites is 1. The Hall–Kier alpha value is -1.78. The van der Waals surface area contributed by atoms with Gasteiger partial charge in [0.25, 0.3) is 0 Å². The predicted octanol–water partition coefficient (Wildman–Crippen LogP) is 4.50. The van der Waals surface area contributed by atoms with E-state index in [2.05, 4.69) is 5.10 Å². The third kappa shape index (κ3) is 2.71. The summed E-state index contributed by atoms with van der Waals surface area (Å²) in [5.41, 5.74) is 0.560. The lowest BCUT2D eigenvalue weighted by Crippen LogP contribution is -2.20. The molecular weight excluding hydrogens is 265 g/mol. The van der Waals surface area contributed by atoms with Crippen LogP contribution in [0.25, 0.3) is 5.69 Å². The molecule has 0 amide bonds. The Morgan fingerprint density at radius 3 is 2.20 bits per heavy atom. The van der Waals surface area contributed by atoms with Gasteiger partial charge in [-0.2, -0.15) is 18.3 Å². The topological polar surface area (TPSA) is 17.8 Å². The summed E-state index contributed by atoms with van der Waals surface area (Å²) in [6.07, 6.45) is -4.40. The highest BCUT2D eigenvalue weighted by Gasteiger charge is 2.35. The van der Waals surface area contributed by atoms with Gasteiger partial charge >= 0.3 is 6.18 Å². The van der Waals surface area contributed by atoms with Gasteiger partial charge in [0, 0.05) is 11.1 Å². The molecule has 1 heterocycles. The van der Waals surface area contributed by atoms with Gasteiger partial charge in [0.1, 0.15) is 0 Å². The number of alkyl halides is 3. The van der Waals surface area contributed by atoms with Crippen molar-refractivity contribution < 1.29 is 13.2 Å². The Morgan fingerprint density at radius 1 is 1.05 bits per heavy atom. The predicted molar refractivity (Wildman–Crippen MR) is 72.0 cm³/mol. The van der Waals surface area contributed by atoms with Gasteiger partial charge in [-0.15, -0.1) is 0 Å². The van der Waals surface area contributed by atoms with Gasteiger partial charge in [0.15, 0.2) is 0 Å². The van der Waals surface area contributed by atoms with Crippen LogP contribution in [-0.2, 0) is 11.6 Å². The monoisotopic (exact) mass is 282 g/mol. The molecule has 0 radical (unpaired) electrons. The van der Waals surface area contributed by atoms with E-state index in [0.29, 0.717) is 5.69 Å². The summed E-state index contributed by atoms with van der Waals surface area (Å²) >= 11 is 0. The molecule has 0 atom stereocenters. The zero-order valence-electron chi connectivity index (χ0n) is 11.9. The third-order valence-electron chi connectivity index (χ3n) is 3.04. The van der Waals surface area contributed by atoms with Crippen LogP contribution >= 0.6 is 0 Å². The van der Waals surface area contributed by atoms with E-state index in [4.69, 9.17) is 0 Å². The second kappa shape index (κ2) is 4.65. The molecule has 2 rings (SSSR count). The summed E-state index contributed by atoms with van der Waals surface area (Å²) in [4.78, 5) is 0. The van der Waals surface area contributed by atoms with E-state index < -0.39 is 11.7 Å². The maximum absolute atomic E-state index is 13.1. The fraction of sp³-hybridized carbons (Fsp3) is 0.400. The SMILES string of the molecule is Cc1cc(C(C)(C)C)n(-c2ccccc2C(F)(F)F)n1. The smallest absolute Gasteiger partial charge is 0.236 e. The average Bonchev–Trinajstić information content (AvgIpc) is 2.70. The molecule has 0 aliphatic carbocycles. The van der Waals surface area contributed by atoms with Crippen molar-refractivity contribution >= 4 is 0 Å². The highest BCUT2D eigenvalue weighted by atomic mass is 19.4. The van der Waals surface area contributed by atoms with Crippen LogP contribution in [0.1, 0.15) is 37.7 Å². The van der Waals surface area contributed by atoms with Crippen molar-refractivity contribution in [2.24, 2.45) is 0 Å². The molecule has 0 aliphatic heterocycles. The van der Waals surface area contributed by atoms with E-state index in [9.17, 15) is 13.2 Å². The normalized spacial score (nSPS) is 12.8. The largest absolute Gasteiger partial charge is 0.418 e.